The molecular formula is C15H20FN. The summed E-state index contributed by atoms with van der Waals surface area (Å²) in [5.74, 6) is -0.175. The van der Waals surface area contributed by atoms with E-state index in [4.69, 9.17) is 5.73 Å². The van der Waals surface area contributed by atoms with Crippen molar-refractivity contribution in [1.82, 2.24) is 0 Å². The fourth-order valence-electron chi connectivity index (χ4n) is 2.77. The predicted molar refractivity (Wildman–Crippen MR) is 70.1 cm³/mol. The monoisotopic (exact) mass is 233 g/mol. The van der Waals surface area contributed by atoms with Crippen LogP contribution in [0.3, 0.4) is 0 Å². The van der Waals surface area contributed by atoms with Gasteiger partial charge in [-0.3, -0.25) is 0 Å². The quantitative estimate of drug-likeness (QED) is 0.787. The minimum Gasteiger partial charge on any atom is -0.324 e. The summed E-state index contributed by atoms with van der Waals surface area (Å²) in [5.41, 5.74) is 9.67. The van der Waals surface area contributed by atoms with Gasteiger partial charge in [0.2, 0.25) is 0 Å². The molecule has 0 bridgehead atoms. The van der Waals surface area contributed by atoms with Gasteiger partial charge >= 0.3 is 0 Å². The van der Waals surface area contributed by atoms with Gasteiger partial charge in [-0.1, -0.05) is 26.0 Å². The van der Waals surface area contributed by atoms with Gasteiger partial charge in [-0.2, -0.15) is 0 Å². The Balaban J connectivity index is 2.39. The average molecular weight is 233 g/mol. The number of allylic oxidation sites excluding steroid dienone is 1. The molecule has 1 aliphatic rings. The Morgan fingerprint density at radius 1 is 1.35 bits per heavy atom. The Morgan fingerprint density at radius 2 is 2.06 bits per heavy atom. The van der Waals surface area contributed by atoms with E-state index in [9.17, 15) is 4.39 Å². The van der Waals surface area contributed by atoms with Crippen molar-refractivity contribution in [3.63, 3.8) is 0 Å². The largest absolute Gasteiger partial charge is 0.324 e. The molecule has 0 fully saturated rings. The Kier molecular flexibility index (Phi) is 3.09. The van der Waals surface area contributed by atoms with Crippen LogP contribution in [0.2, 0.25) is 0 Å². The first-order chi connectivity index (χ1) is 7.87. The van der Waals surface area contributed by atoms with Crippen LogP contribution in [-0.2, 0) is 0 Å². The Hall–Kier alpha value is -1.15. The molecule has 2 rings (SSSR count). The van der Waals surface area contributed by atoms with E-state index in [1.807, 2.05) is 13.0 Å². The molecule has 0 heterocycles. The number of hydrogen-bond acceptors (Lipinski definition) is 1. The molecule has 2 heteroatoms. The van der Waals surface area contributed by atoms with Crippen molar-refractivity contribution in [3.05, 3.63) is 41.2 Å². The highest BCUT2D eigenvalue weighted by atomic mass is 19.1. The fourth-order valence-corrected chi connectivity index (χ4v) is 2.77. The molecule has 0 spiro atoms. The second kappa shape index (κ2) is 4.26. The van der Waals surface area contributed by atoms with Crippen LogP contribution in [0.1, 0.15) is 37.8 Å². The molecule has 1 atom stereocenters. The first-order valence-electron chi connectivity index (χ1n) is 6.10. The summed E-state index contributed by atoms with van der Waals surface area (Å²) in [5, 5.41) is 0. The summed E-state index contributed by atoms with van der Waals surface area (Å²) >= 11 is 0. The first-order valence-corrected chi connectivity index (χ1v) is 6.10. The molecule has 17 heavy (non-hydrogen) atoms. The lowest BCUT2D eigenvalue weighted by atomic mass is 9.73. The molecule has 1 aliphatic carbocycles. The molecule has 92 valence electrons. The van der Waals surface area contributed by atoms with Gasteiger partial charge in [0, 0.05) is 6.04 Å². The highest BCUT2D eigenvalue weighted by Gasteiger charge is 2.27. The SMILES string of the molecule is Cc1cc(F)ccc1C1=CC(N)CC(C)(C)C1. The zero-order valence-corrected chi connectivity index (χ0v) is 10.8. The van der Waals surface area contributed by atoms with E-state index in [1.54, 1.807) is 6.07 Å². The molecule has 0 saturated heterocycles. The number of hydrogen-bond donors (Lipinski definition) is 1. The van der Waals surface area contributed by atoms with Gasteiger partial charge < -0.3 is 5.73 Å². The number of aryl methyl sites for hydroxylation is 1. The van der Waals surface area contributed by atoms with Crippen molar-refractivity contribution in [2.75, 3.05) is 0 Å². The summed E-state index contributed by atoms with van der Waals surface area (Å²) in [6, 6.07) is 5.09. The smallest absolute Gasteiger partial charge is 0.123 e. The molecular weight excluding hydrogens is 213 g/mol. The van der Waals surface area contributed by atoms with Crippen LogP contribution < -0.4 is 5.73 Å². The third kappa shape index (κ3) is 2.75. The lowest BCUT2D eigenvalue weighted by molar-refractivity contribution is 0.318. The summed E-state index contributed by atoms with van der Waals surface area (Å²) in [4.78, 5) is 0. The van der Waals surface area contributed by atoms with Gasteiger partial charge in [0.25, 0.3) is 0 Å². The van der Waals surface area contributed by atoms with E-state index in [0.29, 0.717) is 0 Å². The molecule has 1 aromatic rings. The van der Waals surface area contributed by atoms with Gasteiger partial charge in [0.05, 0.1) is 0 Å². The molecule has 0 aliphatic heterocycles. The van der Waals surface area contributed by atoms with Crippen molar-refractivity contribution in [1.29, 1.82) is 0 Å². The maximum absolute atomic E-state index is 13.1. The zero-order valence-electron chi connectivity index (χ0n) is 10.8. The van der Waals surface area contributed by atoms with E-state index >= 15 is 0 Å². The number of halogens is 1. The maximum Gasteiger partial charge on any atom is 0.123 e. The lowest BCUT2D eigenvalue weighted by Gasteiger charge is -2.33. The molecule has 0 aromatic heterocycles. The normalized spacial score (nSPS) is 23.4. The van der Waals surface area contributed by atoms with Crippen LogP contribution in [0.25, 0.3) is 5.57 Å². The Bertz CT molecular complexity index is 460. The molecule has 2 N–H and O–H groups in total. The number of rotatable bonds is 1. The predicted octanol–water partition coefficient (Wildman–Crippen LogP) is 3.66. The number of nitrogens with two attached hydrogens (primary N) is 1. The molecule has 0 amide bonds. The topological polar surface area (TPSA) is 26.0 Å². The molecule has 1 nitrogen and oxygen atoms in total. The van der Waals surface area contributed by atoms with Gasteiger partial charge in [-0.15, -0.1) is 0 Å². The van der Waals surface area contributed by atoms with E-state index in [-0.39, 0.29) is 17.3 Å². The van der Waals surface area contributed by atoms with E-state index in [1.165, 1.54) is 11.6 Å². The van der Waals surface area contributed by atoms with Gasteiger partial charge in [-0.05, 0) is 54.0 Å². The van der Waals surface area contributed by atoms with E-state index in [0.717, 1.165) is 24.0 Å². The van der Waals surface area contributed by atoms with E-state index < -0.39 is 0 Å². The van der Waals surface area contributed by atoms with Crippen molar-refractivity contribution in [3.8, 4) is 0 Å². The van der Waals surface area contributed by atoms with Crippen LogP contribution in [-0.4, -0.2) is 6.04 Å². The van der Waals surface area contributed by atoms with Crippen LogP contribution in [0.15, 0.2) is 24.3 Å². The van der Waals surface area contributed by atoms with E-state index in [2.05, 4.69) is 19.9 Å². The number of benzene rings is 1. The van der Waals surface area contributed by atoms with Gasteiger partial charge in [0.15, 0.2) is 0 Å². The van der Waals surface area contributed by atoms with Crippen LogP contribution in [0.4, 0.5) is 4.39 Å². The zero-order chi connectivity index (χ0) is 12.6. The standard InChI is InChI=1S/C15H20FN/c1-10-6-12(16)4-5-14(10)11-7-13(17)9-15(2,3)8-11/h4-7,13H,8-9,17H2,1-3H3. The summed E-state index contributed by atoms with van der Waals surface area (Å²) in [6.45, 7) is 6.42. The van der Waals surface area contributed by atoms with Crippen LogP contribution >= 0.6 is 0 Å². The lowest BCUT2D eigenvalue weighted by Crippen LogP contribution is -2.30. The van der Waals surface area contributed by atoms with Crippen molar-refractivity contribution in [2.45, 2.75) is 39.7 Å². The molecule has 1 aromatic carbocycles. The average Bonchev–Trinajstić information content (AvgIpc) is 2.13. The van der Waals surface area contributed by atoms with Crippen molar-refractivity contribution < 1.29 is 4.39 Å². The minimum absolute atomic E-state index is 0.109. The third-order valence-electron chi connectivity index (χ3n) is 3.41. The second-order valence-electron chi connectivity index (χ2n) is 5.86. The summed E-state index contributed by atoms with van der Waals surface area (Å²) in [7, 11) is 0. The molecule has 0 saturated carbocycles. The van der Waals surface area contributed by atoms with Crippen molar-refractivity contribution >= 4 is 5.57 Å². The van der Waals surface area contributed by atoms with Crippen molar-refractivity contribution in [2.24, 2.45) is 11.1 Å². The summed E-state index contributed by atoms with van der Waals surface area (Å²) < 4.78 is 13.1. The first kappa shape index (κ1) is 12.3. The Morgan fingerprint density at radius 3 is 2.65 bits per heavy atom. The van der Waals surface area contributed by atoms with Gasteiger partial charge in [0.1, 0.15) is 5.82 Å². The summed E-state index contributed by atoms with van der Waals surface area (Å²) in [6.07, 6.45) is 4.15. The molecule has 0 radical (unpaired) electrons. The van der Waals surface area contributed by atoms with Crippen LogP contribution in [0.5, 0.6) is 0 Å². The van der Waals surface area contributed by atoms with Crippen LogP contribution in [0, 0.1) is 18.2 Å². The molecule has 1 unspecified atom stereocenters. The third-order valence-corrected chi connectivity index (χ3v) is 3.41. The highest BCUT2D eigenvalue weighted by Crippen LogP contribution is 2.39. The second-order valence-corrected chi connectivity index (χ2v) is 5.86. The fraction of sp³-hybridized carbons (Fsp3) is 0.467. The highest BCUT2D eigenvalue weighted by molar-refractivity contribution is 5.70. The Labute approximate surface area is 103 Å². The maximum atomic E-state index is 13.1. The van der Waals surface area contributed by atoms with Gasteiger partial charge in [-0.25, -0.2) is 4.39 Å². The minimum atomic E-state index is -0.175.